The average molecular weight is 288 g/mol. The molecule has 2 heterocycles. The first kappa shape index (κ1) is 13.0. The maximum Gasteiger partial charge on any atom is 0.163 e. The third-order valence-corrected chi connectivity index (χ3v) is 4.59. The number of aromatic amines is 1. The molecule has 0 amide bonds. The highest BCUT2D eigenvalue weighted by molar-refractivity contribution is 5.79. The van der Waals surface area contributed by atoms with E-state index in [2.05, 4.69) is 4.98 Å². The summed E-state index contributed by atoms with van der Waals surface area (Å²) in [5, 5.41) is 0. The van der Waals surface area contributed by atoms with Crippen LogP contribution in [-0.4, -0.2) is 35.9 Å². The van der Waals surface area contributed by atoms with E-state index in [4.69, 9.17) is 19.2 Å². The van der Waals surface area contributed by atoms with Crippen LogP contribution in [0.4, 0.5) is 0 Å². The quantitative estimate of drug-likeness (QED) is 0.943. The second kappa shape index (κ2) is 4.91. The lowest BCUT2D eigenvalue weighted by Crippen LogP contribution is -2.41. The Kier molecular flexibility index (Phi) is 3.03. The number of imidazole rings is 1. The van der Waals surface area contributed by atoms with E-state index in [1.807, 2.05) is 12.1 Å². The number of rotatable bonds is 3. The molecule has 0 atom stereocenters. The number of hydrogen-bond donors (Lipinski definition) is 1. The van der Waals surface area contributed by atoms with Gasteiger partial charge in [-0.25, -0.2) is 4.98 Å². The van der Waals surface area contributed by atoms with Crippen molar-refractivity contribution in [2.75, 3.05) is 20.3 Å². The van der Waals surface area contributed by atoms with Crippen molar-refractivity contribution in [2.45, 2.75) is 37.7 Å². The molecule has 2 aliphatic rings. The maximum atomic E-state index is 5.72. The summed E-state index contributed by atoms with van der Waals surface area (Å²) in [6, 6.07) is 3.96. The SMILES string of the molecule is COC1(Cc2nc3cc4c(cc3[nH]2)OCCCO4)CCC1. The van der Waals surface area contributed by atoms with Crippen LogP contribution in [0.15, 0.2) is 12.1 Å². The van der Waals surface area contributed by atoms with E-state index in [1.54, 1.807) is 7.11 Å². The Morgan fingerprint density at radius 2 is 1.95 bits per heavy atom. The molecule has 5 heteroatoms. The van der Waals surface area contributed by atoms with Gasteiger partial charge in [0.15, 0.2) is 11.5 Å². The van der Waals surface area contributed by atoms with Crippen molar-refractivity contribution in [1.82, 2.24) is 9.97 Å². The van der Waals surface area contributed by atoms with Gasteiger partial charge in [-0.3, -0.25) is 0 Å². The largest absolute Gasteiger partial charge is 0.489 e. The fraction of sp³-hybridized carbons (Fsp3) is 0.562. The first-order valence-corrected chi connectivity index (χ1v) is 7.61. The summed E-state index contributed by atoms with van der Waals surface area (Å²) < 4.78 is 17.1. The minimum Gasteiger partial charge on any atom is -0.489 e. The minimum absolute atomic E-state index is 0.0159. The Bertz CT molecular complexity index is 612. The lowest BCUT2D eigenvalue weighted by atomic mass is 9.77. The third kappa shape index (κ3) is 2.25. The first-order chi connectivity index (χ1) is 10.3. The molecule has 0 bridgehead atoms. The molecule has 2 aromatic rings. The fourth-order valence-corrected chi connectivity index (χ4v) is 3.13. The number of methoxy groups -OCH3 is 1. The van der Waals surface area contributed by atoms with Gasteiger partial charge < -0.3 is 19.2 Å². The van der Waals surface area contributed by atoms with Crippen LogP contribution in [0.1, 0.15) is 31.5 Å². The van der Waals surface area contributed by atoms with E-state index in [0.29, 0.717) is 13.2 Å². The number of hydrogen-bond acceptors (Lipinski definition) is 4. The van der Waals surface area contributed by atoms with Crippen LogP contribution in [0.2, 0.25) is 0 Å². The van der Waals surface area contributed by atoms with Gasteiger partial charge in [-0.05, 0) is 19.3 Å². The standard InChI is InChI=1S/C16H20N2O3/c1-19-16(4-2-5-16)10-15-17-11-8-13-14(9-12(11)18-15)21-7-3-6-20-13/h8-9H,2-7,10H2,1H3,(H,17,18). The summed E-state index contributed by atoms with van der Waals surface area (Å²) in [6.07, 6.45) is 5.22. The Labute approximate surface area is 123 Å². The number of nitrogens with zero attached hydrogens (tertiary/aromatic N) is 1. The van der Waals surface area contributed by atoms with Gasteiger partial charge >= 0.3 is 0 Å². The van der Waals surface area contributed by atoms with Crippen molar-refractivity contribution < 1.29 is 14.2 Å². The zero-order chi connectivity index (χ0) is 14.3. The van der Waals surface area contributed by atoms with Crippen LogP contribution in [0.25, 0.3) is 11.0 Å². The molecular formula is C16H20N2O3. The number of H-pyrrole nitrogens is 1. The van der Waals surface area contributed by atoms with Crippen molar-refractivity contribution in [3.05, 3.63) is 18.0 Å². The van der Waals surface area contributed by atoms with E-state index in [9.17, 15) is 0 Å². The molecule has 1 aromatic heterocycles. The Balaban J connectivity index is 1.66. The summed E-state index contributed by atoms with van der Waals surface area (Å²) in [5.74, 6) is 2.58. The maximum absolute atomic E-state index is 5.72. The van der Waals surface area contributed by atoms with Gasteiger partial charge in [-0.2, -0.15) is 0 Å². The second-order valence-electron chi connectivity index (χ2n) is 5.97. The van der Waals surface area contributed by atoms with Gasteiger partial charge in [0, 0.05) is 32.1 Å². The summed E-state index contributed by atoms with van der Waals surface area (Å²) in [7, 11) is 1.80. The van der Waals surface area contributed by atoms with Gasteiger partial charge in [-0.1, -0.05) is 0 Å². The zero-order valence-corrected chi connectivity index (χ0v) is 12.3. The molecule has 1 fully saturated rings. The highest BCUT2D eigenvalue weighted by atomic mass is 16.5. The molecule has 1 aliphatic carbocycles. The van der Waals surface area contributed by atoms with E-state index < -0.39 is 0 Å². The normalized spacial score (nSPS) is 20.0. The smallest absolute Gasteiger partial charge is 0.163 e. The van der Waals surface area contributed by atoms with Gasteiger partial charge in [0.05, 0.1) is 29.8 Å². The Hall–Kier alpha value is -1.75. The number of nitrogens with one attached hydrogen (secondary N) is 1. The molecule has 1 saturated carbocycles. The molecule has 0 saturated heterocycles. The number of fused-ring (bicyclic) bond motifs is 2. The fourth-order valence-electron chi connectivity index (χ4n) is 3.13. The summed E-state index contributed by atoms with van der Waals surface area (Å²) >= 11 is 0. The molecule has 1 aliphatic heterocycles. The molecule has 0 spiro atoms. The summed E-state index contributed by atoms with van der Waals surface area (Å²) in [5.41, 5.74) is 1.91. The van der Waals surface area contributed by atoms with E-state index in [-0.39, 0.29) is 5.60 Å². The third-order valence-electron chi connectivity index (χ3n) is 4.59. The van der Waals surface area contributed by atoms with Crippen molar-refractivity contribution in [3.63, 3.8) is 0 Å². The van der Waals surface area contributed by atoms with Gasteiger partial charge in [-0.15, -0.1) is 0 Å². The highest BCUT2D eigenvalue weighted by Crippen LogP contribution is 2.38. The predicted octanol–water partition coefficient (Wildman–Crippen LogP) is 2.84. The molecule has 1 aromatic carbocycles. The second-order valence-corrected chi connectivity index (χ2v) is 5.97. The van der Waals surface area contributed by atoms with Crippen LogP contribution in [0, 0.1) is 0 Å². The van der Waals surface area contributed by atoms with Gasteiger partial charge in [0.2, 0.25) is 0 Å². The minimum atomic E-state index is -0.0159. The number of ether oxygens (including phenoxy) is 3. The van der Waals surface area contributed by atoms with Crippen molar-refractivity contribution >= 4 is 11.0 Å². The highest BCUT2D eigenvalue weighted by Gasteiger charge is 2.38. The van der Waals surface area contributed by atoms with Crippen LogP contribution in [0.3, 0.4) is 0 Å². The lowest BCUT2D eigenvalue weighted by Gasteiger charge is -2.39. The predicted molar refractivity (Wildman–Crippen MR) is 79.0 cm³/mol. The first-order valence-electron chi connectivity index (χ1n) is 7.61. The molecule has 4 rings (SSSR count). The van der Waals surface area contributed by atoms with Crippen LogP contribution >= 0.6 is 0 Å². The molecule has 112 valence electrons. The lowest BCUT2D eigenvalue weighted by molar-refractivity contribution is -0.0719. The van der Waals surface area contributed by atoms with Crippen molar-refractivity contribution in [2.24, 2.45) is 0 Å². The van der Waals surface area contributed by atoms with Crippen molar-refractivity contribution in [1.29, 1.82) is 0 Å². The molecule has 1 N–H and O–H groups in total. The molecule has 5 nitrogen and oxygen atoms in total. The average Bonchev–Trinajstić information content (AvgIpc) is 2.68. The summed E-state index contributed by atoms with van der Waals surface area (Å²) in [6.45, 7) is 1.40. The van der Waals surface area contributed by atoms with E-state index in [0.717, 1.165) is 54.0 Å². The van der Waals surface area contributed by atoms with E-state index in [1.165, 1.54) is 6.42 Å². The molecular weight excluding hydrogens is 268 g/mol. The number of benzene rings is 1. The molecule has 0 radical (unpaired) electrons. The molecule has 0 unspecified atom stereocenters. The van der Waals surface area contributed by atoms with Crippen LogP contribution in [-0.2, 0) is 11.2 Å². The monoisotopic (exact) mass is 288 g/mol. The zero-order valence-electron chi connectivity index (χ0n) is 12.3. The Morgan fingerprint density at radius 1 is 1.19 bits per heavy atom. The van der Waals surface area contributed by atoms with Gasteiger partial charge in [0.25, 0.3) is 0 Å². The summed E-state index contributed by atoms with van der Waals surface area (Å²) in [4.78, 5) is 8.09. The Morgan fingerprint density at radius 3 is 2.62 bits per heavy atom. The number of aromatic nitrogens is 2. The van der Waals surface area contributed by atoms with E-state index >= 15 is 0 Å². The topological polar surface area (TPSA) is 56.4 Å². The van der Waals surface area contributed by atoms with Crippen LogP contribution < -0.4 is 9.47 Å². The molecule has 21 heavy (non-hydrogen) atoms. The van der Waals surface area contributed by atoms with Gasteiger partial charge in [0.1, 0.15) is 5.82 Å². The van der Waals surface area contributed by atoms with Crippen LogP contribution in [0.5, 0.6) is 11.5 Å². The van der Waals surface area contributed by atoms with Crippen molar-refractivity contribution in [3.8, 4) is 11.5 Å².